The van der Waals surface area contributed by atoms with Crippen molar-refractivity contribution >= 4 is 79.2 Å². The van der Waals surface area contributed by atoms with Crippen LogP contribution in [0.1, 0.15) is 121 Å². The van der Waals surface area contributed by atoms with E-state index in [9.17, 15) is 0 Å². The van der Waals surface area contributed by atoms with Crippen LogP contribution in [-0.2, 0) is 6.42 Å². The van der Waals surface area contributed by atoms with Gasteiger partial charge in [0.05, 0.1) is 11.1 Å². The van der Waals surface area contributed by atoms with Crippen molar-refractivity contribution in [2.75, 3.05) is 9.80 Å². The zero-order chi connectivity index (χ0) is 39.0. The Balaban J connectivity index is 1.30. The molecule has 0 N–H and O–H groups in total. The van der Waals surface area contributed by atoms with Crippen molar-refractivity contribution in [3.8, 4) is 0 Å². The first-order valence-corrected chi connectivity index (χ1v) is 22.1. The average molecular weight is 749 g/mol. The molecular formula is C53H57BN2O. The van der Waals surface area contributed by atoms with Crippen LogP contribution in [0.5, 0.6) is 0 Å². The second-order valence-electron chi connectivity index (χ2n) is 16.6. The van der Waals surface area contributed by atoms with Gasteiger partial charge in [0.2, 0.25) is 0 Å². The number of nitrogens with zero attached hydrogens (tertiary/aromatic N) is 2. The fraction of sp³-hybridized carbons (Fsp3) is 0.321. The third-order valence-electron chi connectivity index (χ3n) is 13.1. The standard InChI is InChI=1S/C53H57BN2O/c1-6-11-12-18-36-23-33-46-45(35-36)54-44-32-34-50-51(43-19-13-14-22-49(43)57-50)53(44)56(42-30-26-40(27-31-42)38(10-5)17-8-3)48-21-15-20-47(52(48)54)55(46)41-28-24-39(25-29-41)37(9-4)16-7-2/h13-15,19-35,37-38H,6-12,16-18H2,1-5H3. The van der Waals surface area contributed by atoms with Crippen molar-refractivity contribution in [3.63, 3.8) is 0 Å². The summed E-state index contributed by atoms with van der Waals surface area (Å²) in [6.45, 7) is 11.6. The van der Waals surface area contributed by atoms with Gasteiger partial charge in [0.1, 0.15) is 11.2 Å². The molecule has 1 aromatic heterocycles. The zero-order valence-electron chi connectivity index (χ0n) is 34.7. The summed E-state index contributed by atoms with van der Waals surface area (Å²) in [5, 5.41) is 2.36. The Hall–Kier alpha value is -5.22. The number of rotatable bonds is 14. The number of hydrogen-bond acceptors (Lipinski definition) is 3. The van der Waals surface area contributed by atoms with Crippen molar-refractivity contribution in [1.29, 1.82) is 0 Å². The summed E-state index contributed by atoms with van der Waals surface area (Å²) in [5.41, 5.74) is 17.7. The third-order valence-corrected chi connectivity index (χ3v) is 13.1. The molecular weight excluding hydrogens is 691 g/mol. The Kier molecular flexibility index (Phi) is 10.5. The lowest BCUT2D eigenvalue weighted by Crippen LogP contribution is -2.61. The molecule has 9 rings (SSSR count). The molecule has 3 heterocycles. The molecule has 0 fully saturated rings. The van der Waals surface area contributed by atoms with Crippen LogP contribution < -0.4 is 26.2 Å². The smallest absolute Gasteiger partial charge is 0.252 e. The van der Waals surface area contributed by atoms with Gasteiger partial charge in [0, 0.05) is 33.8 Å². The predicted octanol–water partition coefficient (Wildman–Crippen LogP) is 14.0. The summed E-state index contributed by atoms with van der Waals surface area (Å²) in [7, 11) is 0. The molecule has 57 heavy (non-hydrogen) atoms. The van der Waals surface area contributed by atoms with Gasteiger partial charge in [-0.3, -0.25) is 0 Å². The van der Waals surface area contributed by atoms with Crippen molar-refractivity contribution in [2.24, 2.45) is 0 Å². The maximum atomic E-state index is 6.62. The predicted molar refractivity (Wildman–Crippen MR) is 247 cm³/mol. The number of para-hydroxylation sites is 1. The fourth-order valence-electron chi connectivity index (χ4n) is 10.3. The molecule has 4 heteroatoms. The van der Waals surface area contributed by atoms with Crippen LogP contribution in [0.3, 0.4) is 0 Å². The second kappa shape index (κ2) is 16.0. The number of anilines is 6. The molecule has 288 valence electrons. The van der Waals surface area contributed by atoms with E-state index < -0.39 is 0 Å². The van der Waals surface area contributed by atoms with Crippen LogP contribution in [0.4, 0.5) is 34.1 Å². The molecule has 3 nitrogen and oxygen atoms in total. The molecule has 0 radical (unpaired) electrons. The van der Waals surface area contributed by atoms with Gasteiger partial charge < -0.3 is 14.2 Å². The first-order chi connectivity index (χ1) is 28.1. The Labute approximate surface area is 340 Å². The van der Waals surface area contributed by atoms with Crippen LogP contribution in [0, 0.1) is 0 Å². The minimum absolute atomic E-state index is 0.0690. The monoisotopic (exact) mass is 748 g/mol. The highest BCUT2D eigenvalue weighted by molar-refractivity contribution is 7.00. The zero-order valence-corrected chi connectivity index (χ0v) is 34.7. The van der Waals surface area contributed by atoms with Crippen molar-refractivity contribution in [1.82, 2.24) is 0 Å². The van der Waals surface area contributed by atoms with E-state index in [1.807, 2.05) is 0 Å². The maximum Gasteiger partial charge on any atom is 0.252 e. The van der Waals surface area contributed by atoms with E-state index >= 15 is 0 Å². The SMILES string of the molecule is CCCCCc1ccc2c(c1)B1c3ccc4oc5ccccc5c4c3N(c3ccc(C(CC)CCC)cc3)c3cccc(c31)N2c1ccc(C(CC)CCC)cc1. The second-order valence-corrected chi connectivity index (χ2v) is 16.6. The number of benzene rings is 6. The van der Waals surface area contributed by atoms with Gasteiger partial charge in [-0.25, -0.2) is 0 Å². The third kappa shape index (κ3) is 6.46. The Morgan fingerprint density at radius 1 is 0.544 bits per heavy atom. The molecule has 0 bridgehead atoms. The fourth-order valence-corrected chi connectivity index (χ4v) is 10.3. The number of hydrogen-bond donors (Lipinski definition) is 0. The quantitative estimate of drug-likeness (QED) is 0.0815. The van der Waals surface area contributed by atoms with Gasteiger partial charge >= 0.3 is 0 Å². The van der Waals surface area contributed by atoms with Gasteiger partial charge in [-0.2, -0.15) is 0 Å². The lowest BCUT2D eigenvalue weighted by molar-refractivity contribution is 0.596. The average Bonchev–Trinajstić information content (AvgIpc) is 3.64. The molecule has 2 unspecified atom stereocenters. The molecule has 0 aliphatic carbocycles. The first kappa shape index (κ1) is 37.4. The molecule has 6 aromatic carbocycles. The molecule has 0 amide bonds. The minimum Gasteiger partial charge on any atom is -0.456 e. The van der Waals surface area contributed by atoms with Crippen LogP contribution >= 0.6 is 0 Å². The van der Waals surface area contributed by atoms with Crippen LogP contribution in [-0.4, -0.2) is 6.71 Å². The van der Waals surface area contributed by atoms with E-state index in [0.717, 1.165) is 24.0 Å². The Bertz CT molecular complexity index is 2510. The Morgan fingerprint density at radius 3 is 1.84 bits per heavy atom. The van der Waals surface area contributed by atoms with Crippen molar-refractivity contribution in [2.45, 2.75) is 111 Å². The summed E-state index contributed by atoms with van der Waals surface area (Å²) >= 11 is 0. The van der Waals surface area contributed by atoms with E-state index in [4.69, 9.17) is 4.42 Å². The van der Waals surface area contributed by atoms with E-state index in [-0.39, 0.29) is 6.71 Å². The van der Waals surface area contributed by atoms with Crippen molar-refractivity contribution < 1.29 is 4.42 Å². The number of aryl methyl sites for hydroxylation is 1. The maximum absolute atomic E-state index is 6.62. The topological polar surface area (TPSA) is 19.6 Å². The van der Waals surface area contributed by atoms with Gasteiger partial charge in [-0.15, -0.1) is 0 Å². The summed E-state index contributed by atoms with van der Waals surface area (Å²) in [4.78, 5) is 5.12. The molecule has 0 spiro atoms. The highest BCUT2D eigenvalue weighted by atomic mass is 16.3. The summed E-state index contributed by atoms with van der Waals surface area (Å²) < 4.78 is 6.62. The highest BCUT2D eigenvalue weighted by Gasteiger charge is 2.44. The first-order valence-electron chi connectivity index (χ1n) is 22.1. The van der Waals surface area contributed by atoms with E-state index in [0.29, 0.717) is 11.8 Å². The Morgan fingerprint density at radius 2 is 1.19 bits per heavy atom. The molecule has 2 aliphatic rings. The molecule has 2 atom stereocenters. The molecule has 0 saturated carbocycles. The van der Waals surface area contributed by atoms with Crippen LogP contribution in [0.25, 0.3) is 21.9 Å². The van der Waals surface area contributed by atoms with Crippen LogP contribution in [0.15, 0.2) is 126 Å². The summed E-state index contributed by atoms with van der Waals surface area (Å²) in [6.07, 6.45) is 12.0. The molecule has 2 aliphatic heterocycles. The highest BCUT2D eigenvalue weighted by Crippen LogP contribution is 2.48. The van der Waals surface area contributed by atoms with Gasteiger partial charge in [-0.1, -0.05) is 127 Å². The van der Waals surface area contributed by atoms with E-state index in [1.165, 1.54) is 129 Å². The van der Waals surface area contributed by atoms with E-state index in [1.54, 1.807) is 0 Å². The normalized spacial score (nSPS) is 14.2. The molecule has 7 aromatic rings. The number of fused-ring (bicyclic) bond motifs is 8. The van der Waals surface area contributed by atoms with Gasteiger partial charge in [0.15, 0.2) is 0 Å². The van der Waals surface area contributed by atoms with Crippen molar-refractivity contribution in [3.05, 3.63) is 138 Å². The lowest BCUT2D eigenvalue weighted by atomic mass is 9.33. The van der Waals surface area contributed by atoms with Gasteiger partial charge in [-0.05, 0) is 138 Å². The molecule has 0 saturated heterocycles. The lowest BCUT2D eigenvalue weighted by Gasteiger charge is -2.44. The number of unbranched alkanes of at least 4 members (excludes halogenated alkanes) is 2. The largest absolute Gasteiger partial charge is 0.456 e. The minimum atomic E-state index is 0.0690. The van der Waals surface area contributed by atoms with Gasteiger partial charge in [0.25, 0.3) is 6.71 Å². The summed E-state index contributed by atoms with van der Waals surface area (Å²) in [6, 6.07) is 46.6. The number of furan rings is 1. The van der Waals surface area contributed by atoms with Crippen LogP contribution in [0.2, 0.25) is 0 Å². The van der Waals surface area contributed by atoms with E-state index in [2.05, 4.69) is 166 Å². The summed E-state index contributed by atoms with van der Waals surface area (Å²) in [5.74, 6) is 1.17.